The van der Waals surface area contributed by atoms with Crippen LogP contribution in [0.5, 0.6) is 5.75 Å². The van der Waals surface area contributed by atoms with E-state index in [2.05, 4.69) is 12.1 Å². The molecule has 1 aliphatic rings. The normalized spacial score (nSPS) is 18.6. The zero-order chi connectivity index (χ0) is 12.8. The van der Waals surface area contributed by atoms with Crippen LogP contribution < -0.4 is 4.74 Å². The Morgan fingerprint density at radius 3 is 2.44 bits per heavy atom. The summed E-state index contributed by atoms with van der Waals surface area (Å²) < 4.78 is 5.45. The van der Waals surface area contributed by atoms with E-state index in [0.717, 1.165) is 18.1 Å². The number of ether oxygens (including phenoxy) is 1. The Labute approximate surface area is 115 Å². The zero-order valence-corrected chi connectivity index (χ0v) is 12.0. The summed E-state index contributed by atoms with van der Waals surface area (Å²) in [5.41, 5.74) is 1.23. The molecule has 0 saturated heterocycles. The topological polar surface area (TPSA) is 9.23 Å². The first kappa shape index (κ1) is 13.7. The summed E-state index contributed by atoms with van der Waals surface area (Å²) in [4.78, 5) is 0. The van der Waals surface area contributed by atoms with Crippen LogP contribution in [0.1, 0.15) is 56.4 Å². The first-order valence-electron chi connectivity index (χ1n) is 7.16. The second kappa shape index (κ2) is 7.04. The van der Waals surface area contributed by atoms with Gasteiger partial charge >= 0.3 is 0 Å². The smallest absolute Gasteiger partial charge is 0.119 e. The van der Waals surface area contributed by atoms with Gasteiger partial charge < -0.3 is 4.74 Å². The van der Waals surface area contributed by atoms with Crippen LogP contribution in [0.3, 0.4) is 0 Å². The molecule has 0 spiro atoms. The standard InChI is InChI=1S/C16H23ClO/c1-2-18-15-10-8-14(9-11-15)16(17)12-13-6-4-3-5-7-13/h8-11,13,16H,2-7,12H2,1H3. The summed E-state index contributed by atoms with van der Waals surface area (Å²) in [6.45, 7) is 2.72. The molecular formula is C16H23ClO. The molecule has 1 nitrogen and oxygen atoms in total. The summed E-state index contributed by atoms with van der Waals surface area (Å²) >= 11 is 6.53. The van der Waals surface area contributed by atoms with Gasteiger partial charge in [0, 0.05) is 0 Å². The van der Waals surface area contributed by atoms with Gasteiger partial charge in [0.15, 0.2) is 0 Å². The van der Waals surface area contributed by atoms with Crippen LogP contribution in [0.4, 0.5) is 0 Å². The quantitative estimate of drug-likeness (QED) is 0.654. The Morgan fingerprint density at radius 2 is 1.83 bits per heavy atom. The van der Waals surface area contributed by atoms with E-state index in [4.69, 9.17) is 16.3 Å². The number of halogens is 1. The summed E-state index contributed by atoms with van der Waals surface area (Å²) in [6.07, 6.45) is 8.03. The van der Waals surface area contributed by atoms with Gasteiger partial charge in [-0.3, -0.25) is 0 Å². The van der Waals surface area contributed by atoms with Crippen molar-refractivity contribution in [2.75, 3.05) is 6.61 Å². The van der Waals surface area contributed by atoms with E-state index in [1.54, 1.807) is 0 Å². The Kier molecular flexibility index (Phi) is 5.37. The maximum Gasteiger partial charge on any atom is 0.119 e. The van der Waals surface area contributed by atoms with E-state index >= 15 is 0 Å². The first-order valence-corrected chi connectivity index (χ1v) is 7.60. The van der Waals surface area contributed by atoms with Crippen molar-refractivity contribution >= 4 is 11.6 Å². The highest BCUT2D eigenvalue weighted by Crippen LogP contribution is 2.35. The number of hydrogen-bond acceptors (Lipinski definition) is 1. The molecule has 0 aromatic heterocycles. The fraction of sp³-hybridized carbons (Fsp3) is 0.625. The molecule has 0 amide bonds. The van der Waals surface area contributed by atoms with E-state index < -0.39 is 0 Å². The third-order valence-corrected chi connectivity index (χ3v) is 4.25. The second-order valence-corrected chi connectivity index (χ2v) is 5.74. The van der Waals surface area contributed by atoms with Gasteiger partial charge in [0.2, 0.25) is 0 Å². The third kappa shape index (κ3) is 3.91. The fourth-order valence-corrected chi connectivity index (χ4v) is 3.19. The average molecular weight is 267 g/mol. The van der Waals surface area contributed by atoms with Crippen molar-refractivity contribution in [1.82, 2.24) is 0 Å². The summed E-state index contributed by atoms with van der Waals surface area (Å²) in [6, 6.07) is 8.25. The summed E-state index contributed by atoms with van der Waals surface area (Å²) in [5.74, 6) is 1.76. The molecule has 0 N–H and O–H groups in total. The lowest BCUT2D eigenvalue weighted by Crippen LogP contribution is -2.08. The molecule has 1 fully saturated rings. The van der Waals surface area contributed by atoms with Crippen molar-refractivity contribution in [2.45, 2.75) is 50.8 Å². The van der Waals surface area contributed by atoms with E-state index in [-0.39, 0.29) is 5.38 Å². The number of alkyl halides is 1. The lowest BCUT2D eigenvalue weighted by Gasteiger charge is -2.23. The zero-order valence-electron chi connectivity index (χ0n) is 11.2. The van der Waals surface area contributed by atoms with E-state index in [0.29, 0.717) is 6.61 Å². The van der Waals surface area contributed by atoms with Gasteiger partial charge in [-0.2, -0.15) is 0 Å². The minimum atomic E-state index is 0.156. The van der Waals surface area contributed by atoms with Crippen LogP contribution in [0.15, 0.2) is 24.3 Å². The number of hydrogen-bond donors (Lipinski definition) is 0. The Morgan fingerprint density at radius 1 is 1.17 bits per heavy atom. The van der Waals surface area contributed by atoms with Crippen LogP contribution >= 0.6 is 11.6 Å². The van der Waals surface area contributed by atoms with Crippen molar-refractivity contribution in [3.8, 4) is 5.75 Å². The van der Waals surface area contributed by atoms with Crippen molar-refractivity contribution in [2.24, 2.45) is 5.92 Å². The minimum Gasteiger partial charge on any atom is -0.494 e. The maximum absolute atomic E-state index is 6.53. The van der Waals surface area contributed by atoms with Gasteiger partial charge in [0.25, 0.3) is 0 Å². The highest BCUT2D eigenvalue weighted by atomic mass is 35.5. The van der Waals surface area contributed by atoms with Crippen LogP contribution in [0.2, 0.25) is 0 Å². The molecule has 1 atom stereocenters. The molecule has 1 aromatic carbocycles. The fourth-order valence-electron chi connectivity index (χ4n) is 2.79. The number of rotatable bonds is 5. The van der Waals surface area contributed by atoms with Crippen molar-refractivity contribution in [3.05, 3.63) is 29.8 Å². The van der Waals surface area contributed by atoms with Crippen LogP contribution in [-0.4, -0.2) is 6.61 Å². The van der Waals surface area contributed by atoms with Gasteiger partial charge in [-0.15, -0.1) is 11.6 Å². The molecule has 1 aromatic rings. The van der Waals surface area contributed by atoms with Crippen LogP contribution in [0.25, 0.3) is 0 Å². The SMILES string of the molecule is CCOc1ccc(C(Cl)CC2CCCCC2)cc1. The summed E-state index contributed by atoms with van der Waals surface area (Å²) in [5, 5.41) is 0.156. The lowest BCUT2D eigenvalue weighted by molar-refractivity contribution is 0.335. The molecule has 2 rings (SSSR count). The molecule has 0 heterocycles. The Bertz CT molecular complexity index is 341. The van der Waals surface area contributed by atoms with E-state index in [1.165, 1.54) is 37.7 Å². The molecule has 100 valence electrons. The first-order chi connectivity index (χ1) is 8.79. The lowest BCUT2D eigenvalue weighted by atomic mass is 9.85. The Balaban J connectivity index is 1.89. The largest absolute Gasteiger partial charge is 0.494 e. The average Bonchev–Trinajstić information content (AvgIpc) is 2.41. The molecule has 0 aliphatic heterocycles. The highest BCUT2D eigenvalue weighted by Gasteiger charge is 2.18. The van der Waals surface area contributed by atoms with Crippen LogP contribution in [0, 0.1) is 5.92 Å². The van der Waals surface area contributed by atoms with Gasteiger partial charge in [-0.25, -0.2) is 0 Å². The minimum absolute atomic E-state index is 0.156. The molecule has 2 heteroatoms. The molecule has 1 aliphatic carbocycles. The molecule has 0 radical (unpaired) electrons. The highest BCUT2D eigenvalue weighted by molar-refractivity contribution is 6.20. The predicted octanol–water partition coefficient (Wildman–Crippen LogP) is 5.34. The van der Waals surface area contributed by atoms with Gasteiger partial charge in [0.05, 0.1) is 12.0 Å². The second-order valence-electron chi connectivity index (χ2n) is 5.21. The van der Waals surface area contributed by atoms with Crippen molar-refractivity contribution in [1.29, 1.82) is 0 Å². The predicted molar refractivity (Wildman–Crippen MR) is 77.4 cm³/mol. The number of benzene rings is 1. The maximum atomic E-state index is 6.53. The molecule has 1 unspecified atom stereocenters. The molecular weight excluding hydrogens is 244 g/mol. The molecule has 18 heavy (non-hydrogen) atoms. The van der Waals surface area contributed by atoms with Gasteiger partial charge in [-0.1, -0.05) is 44.2 Å². The van der Waals surface area contributed by atoms with Gasteiger partial charge in [-0.05, 0) is 37.0 Å². The van der Waals surface area contributed by atoms with Crippen molar-refractivity contribution in [3.63, 3.8) is 0 Å². The van der Waals surface area contributed by atoms with Crippen LogP contribution in [-0.2, 0) is 0 Å². The monoisotopic (exact) mass is 266 g/mol. The summed E-state index contributed by atoms with van der Waals surface area (Å²) in [7, 11) is 0. The van der Waals surface area contributed by atoms with E-state index in [9.17, 15) is 0 Å². The third-order valence-electron chi connectivity index (χ3n) is 3.82. The van der Waals surface area contributed by atoms with E-state index in [1.807, 2.05) is 19.1 Å². The molecule has 0 bridgehead atoms. The van der Waals surface area contributed by atoms with Gasteiger partial charge in [0.1, 0.15) is 5.75 Å². The van der Waals surface area contributed by atoms with Crippen molar-refractivity contribution < 1.29 is 4.74 Å². The Hall–Kier alpha value is -0.690. The molecule has 1 saturated carbocycles.